The summed E-state index contributed by atoms with van der Waals surface area (Å²) in [5.41, 5.74) is 6.81. The maximum absolute atomic E-state index is 13.4. The molecule has 2 aromatic carbocycles. The smallest absolute Gasteiger partial charge is 0.327 e. The monoisotopic (exact) mass is 492 g/mol. The summed E-state index contributed by atoms with van der Waals surface area (Å²) < 4.78 is 0. The molecule has 0 aliphatic rings. The van der Waals surface area contributed by atoms with E-state index >= 15 is 0 Å². The third-order valence-corrected chi connectivity index (χ3v) is 5.75. The van der Waals surface area contributed by atoms with E-state index in [2.05, 4.69) is 10.6 Å². The fourth-order valence-electron chi connectivity index (χ4n) is 3.75. The molecule has 3 atom stereocenters. The van der Waals surface area contributed by atoms with E-state index < -0.39 is 42.2 Å². The van der Waals surface area contributed by atoms with Crippen LogP contribution in [-0.4, -0.2) is 47.3 Å². The highest BCUT2D eigenvalue weighted by molar-refractivity contribution is 5.99. The summed E-state index contributed by atoms with van der Waals surface area (Å²) in [6.45, 7) is 0.415. The number of hydrogen-bond donors (Lipinski definition) is 4. The predicted octanol–water partition coefficient (Wildman–Crippen LogP) is 2.22. The van der Waals surface area contributed by atoms with Crippen molar-refractivity contribution in [3.8, 4) is 6.07 Å². The lowest BCUT2D eigenvalue weighted by Crippen LogP contribution is -2.46. The first kappa shape index (κ1) is 28.2. The number of carbonyl (C=O) groups excluding carboxylic acids is 3. The van der Waals surface area contributed by atoms with E-state index in [0.717, 1.165) is 5.56 Å². The molecule has 36 heavy (non-hydrogen) atoms. The molecule has 0 saturated heterocycles. The largest absolute Gasteiger partial charge is 0.480 e. The third-order valence-electron chi connectivity index (χ3n) is 5.75. The first-order valence-corrected chi connectivity index (χ1v) is 11.9. The second-order valence-corrected chi connectivity index (χ2v) is 8.50. The van der Waals surface area contributed by atoms with Crippen LogP contribution in [0.25, 0.3) is 0 Å². The molecule has 0 aliphatic heterocycles. The number of aliphatic carboxylic acids is 1. The maximum Gasteiger partial charge on any atom is 0.327 e. The Labute approximate surface area is 210 Å². The number of unbranched alkanes of at least 4 members (excludes halogenated alkanes) is 1. The minimum Gasteiger partial charge on any atom is -0.480 e. The third kappa shape index (κ3) is 9.31. The SMILES string of the molecule is N#CC[C@H](NC(=O)[C@H](CCCCN)CC(=O)[C@H](Cc1ccccc1)NC(=O)c1ccccc1)C(=O)O. The molecule has 0 unspecified atom stereocenters. The van der Waals surface area contributed by atoms with Gasteiger partial charge >= 0.3 is 5.97 Å². The van der Waals surface area contributed by atoms with E-state index in [1.807, 2.05) is 30.3 Å². The Morgan fingerprint density at radius 1 is 0.917 bits per heavy atom. The number of carbonyl (C=O) groups is 4. The summed E-state index contributed by atoms with van der Waals surface area (Å²) >= 11 is 0. The Bertz CT molecular complexity index is 1050. The average Bonchev–Trinajstić information content (AvgIpc) is 2.88. The lowest BCUT2D eigenvalue weighted by molar-refractivity contribution is -0.142. The van der Waals surface area contributed by atoms with E-state index in [0.29, 0.717) is 31.4 Å². The highest BCUT2D eigenvalue weighted by Crippen LogP contribution is 2.17. The number of hydrogen-bond acceptors (Lipinski definition) is 6. The van der Waals surface area contributed by atoms with Crippen LogP contribution in [0.5, 0.6) is 0 Å². The lowest BCUT2D eigenvalue weighted by Gasteiger charge is -2.23. The van der Waals surface area contributed by atoms with Crippen molar-refractivity contribution in [2.45, 2.75) is 50.6 Å². The van der Waals surface area contributed by atoms with Gasteiger partial charge in [-0.05, 0) is 43.5 Å². The first-order valence-electron chi connectivity index (χ1n) is 11.9. The number of nitriles is 1. The van der Waals surface area contributed by atoms with Crippen LogP contribution in [-0.2, 0) is 20.8 Å². The highest BCUT2D eigenvalue weighted by atomic mass is 16.4. The number of nitrogens with two attached hydrogens (primary N) is 1. The number of ketones is 1. The number of nitrogens with one attached hydrogen (secondary N) is 2. The molecular weight excluding hydrogens is 460 g/mol. The summed E-state index contributed by atoms with van der Waals surface area (Å²) in [5, 5.41) is 23.3. The zero-order valence-corrected chi connectivity index (χ0v) is 20.1. The van der Waals surface area contributed by atoms with Crippen molar-refractivity contribution in [1.82, 2.24) is 10.6 Å². The van der Waals surface area contributed by atoms with Gasteiger partial charge in [-0.1, -0.05) is 55.0 Å². The number of carboxylic acids is 1. The molecule has 2 rings (SSSR count). The van der Waals surface area contributed by atoms with E-state index in [9.17, 15) is 24.3 Å². The summed E-state index contributed by atoms with van der Waals surface area (Å²) in [6, 6.07) is 17.2. The molecule has 0 fully saturated rings. The van der Waals surface area contributed by atoms with Crippen LogP contribution in [0.4, 0.5) is 0 Å². The summed E-state index contributed by atoms with van der Waals surface area (Å²) in [7, 11) is 0. The van der Waals surface area contributed by atoms with Crippen molar-refractivity contribution in [1.29, 1.82) is 5.26 Å². The van der Waals surface area contributed by atoms with E-state index in [1.165, 1.54) is 0 Å². The molecule has 2 aromatic rings. The summed E-state index contributed by atoms with van der Waals surface area (Å²) in [6.07, 6.45) is 1.17. The Kier molecular flexibility index (Phi) is 11.8. The van der Waals surface area contributed by atoms with Gasteiger partial charge in [-0.3, -0.25) is 14.4 Å². The molecule has 2 amide bonds. The van der Waals surface area contributed by atoms with Gasteiger partial charge < -0.3 is 21.5 Å². The molecule has 9 heteroatoms. The average molecular weight is 493 g/mol. The zero-order chi connectivity index (χ0) is 26.3. The Hall–Kier alpha value is -4.03. The van der Waals surface area contributed by atoms with Crippen LogP contribution < -0.4 is 16.4 Å². The Balaban J connectivity index is 2.22. The normalized spacial score (nSPS) is 13.0. The molecule has 190 valence electrons. The van der Waals surface area contributed by atoms with Crippen LogP contribution in [0.3, 0.4) is 0 Å². The standard InChI is InChI=1S/C27H32N4O5/c28-15-8-7-13-21(26(34)30-22(14-16-29)27(35)36)18-24(32)23(17-19-9-3-1-4-10-19)31-25(33)20-11-5-2-6-12-20/h1-6,9-12,21-23H,7-8,13-15,17-18,28H2,(H,30,34)(H,31,33)(H,35,36)/t21-,22+,23+/m1/s1. The van der Waals surface area contributed by atoms with Crippen molar-refractivity contribution in [3.63, 3.8) is 0 Å². The number of nitrogens with zero attached hydrogens (tertiary/aromatic N) is 1. The number of Topliss-reactive ketones (excluding diaryl/α,β-unsaturated/α-hetero) is 1. The van der Waals surface area contributed by atoms with E-state index in [-0.39, 0.29) is 18.6 Å². The van der Waals surface area contributed by atoms with Crippen molar-refractivity contribution >= 4 is 23.6 Å². The lowest BCUT2D eigenvalue weighted by atomic mass is 9.90. The van der Waals surface area contributed by atoms with Gasteiger partial charge in [0.05, 0.1) is 18.5 Å². The predicted molar refractivity (Wildman–Crippen MR) is 134 cm³/mol. The van der Waals surface area contributed by atoms with Gasteiger partial charge in [0.15, 0.2) is 5.78 Å². The molecule has 0 aromatic heterocycles. The number of rotatable bonds is 15. The molecule has 5 N–H and O–H groups in total. The van der Waals surface area contributed by atoms with E-state index in [4.69, 9.17) is 11.0 Å². The molecule has 0 spiro atoms. The van der Waals surface area contributed by atoms with Crippen molar-refractivity contribution < 1.29 is 24.3 Å². The molecule has 0 aliphatic carbocycles. The van der Waals surface area contributed by atoms with Gasteiger partial charge in [0.25, 0.3) is 5.91 Å². The first-order chi connectivity index (χ1) is 17.3. The minimum atomic E-state index is -1.37. The maximum atomic E-state index is 13.4. The number of amides is 2. The molecule has 9 nitrogen and oxygen atoms in total. The van der Waals surface area contributed by atoms with Crippen molar-refractivity contribution in [2.24, 2.45) is 11.7 Å². The van der Waals surface area contributed by atoms with Gasteiger partial charge in [0.2, 0.25) is 5.91 Å². The quantitative estimate of drug-likeness (QED) is 0.277. The van der Waals surface area contributed by atoms with Gasteiger partial charge in [-0.25, -0.2) is 4.79 Å². The van der Waals surface area contributed by atoms with Crippen LogP contribution in [0.1, 0.15) is 48.0 Å². The fourth-order valence-corrected chi connectivity index (χ4v) is 3.75. The van der Waals surface area contributed by atoms with Crippen LogP contribution in [0.2, 0.25) is 0 Å². The Morgan fingerprint density at radius 3 is 2.14 bits per heavy atom. The van der Waals surface area contributed by atoms with Crippen LogP contribution in [0, 0.1) is 17.2 Å². The van der Waals surface area contributed by atoms with Gasteiger partial charge in [0, 0.05) is 17.9 Å². The molecular formula is C27H32N4O5. The zero-order valence-electron chi connectivity index (χ0n) is 20.1. The van der Waals surface area contributed by atoms with Gasteiger partial charge in [-0.2, -0.15) is 5.26 Å². The Morgan fingerprint density at radius 2 is 1.56 bits per heavy atom. The fraction of sp³-hybridized carbons (Fsp3) is 0.370. The minimum absolute atomic E-state index is 0.193. The van der Waals surface area contributed by atoms with E-state index in [1.54, 1.807) is 36.4 Å². The van der Waals surface area contributed by atoms with Crippen LogP contribution >= 0.6 is 0 Å². The summed E-state index contributed by atoms with van der Waals surface area (Å²) in [4.78, 5) is 50.6. The molecule has 0 radical (unpaired) electrons. The van der Waals surface area contributed by atoms with Crippen molar-refractivity contribution in [2.75, 3.05) is 6.54 Å². The van der Waals surface area contributed by atoms with Gasteiger partial charge in [0.1, 0.15) is 6.04 Å². The second kappa shape index (κ2) is 15.1. The second-order valence-electron chi connectivity index (χ2n) is 8.50. The highest BCUT2D eigenvalue weighted by Gasteiger charge is 2.30. The molecule has 0 bridgehead atoms. The summed E-state index contributed by atoms with van der Waals surface area (Å²) in [5.74, 6) is -3.52. The number of benzene rings is 2. The topological polar surface area (TPSA) is 162 Å². The number of carboxylic acid groups (broad SMARTS) is 1. The van der Waals surface area contributed by atoms with Gasteiger partial charge in [-0.15, -0.1) is 0 Å². The van der Waals surface area contributed by atoms with Crippen molar-refractivity contribution in [3.05, 3.63) is 71.8 Å². The van der Waals surface area contributed by atoms with Crippen LogP contribution in [0.15, 0.2) is 60.7 Å². The molecule has 0 heterocycles. The molecule has 0 saturated carbocycles.